The molecule has 4 aromatic rings. The van der Waals surface area contributed by atoms with E-state index >= 15 is 0 Å². The maximum absolute atomic E-state index is 13.0. The van der Waals surface area contributed by atoms with Gasteiger partial charge in [0, 0.05) is 36.0 Å². The molecule has 0 atom stereocenters. The standard InChI is InChI=1S/C20H12ClN3O6S/c21-15-9-17(12-22-11-15)30-20(25)14-4-5-19-13(8-14)6-7-23(19)31(28,29)18-3-1-2-16(10-18)24(26)27/h1-12H. The number of aromatic nitrogens is 2. The Kier molecular flexibility index (Phi) is 5.17. The van der Waals surface area contributed by atoms with Crippen LogP contribution >= 0.6 is 11.6 Å². The molecule has 0 aliphatic rings. The van der Waals surface area contributed by atoms with Crippen LogP contribution in [-0.2, 0) is 10.0 Å². The number of carbonyl (C=O) groups is 1. The Morgan fingerprint density at radius 1 is 1.10 bits per heavy atom. The van der Waals surface area contributed by atoms with Crippen LogP contribution in [0.1, 0.15) is 10.4 Å². The highest BCUT2D eigenvalue weighted by atomic mass is 35.5. The smallest absolute Gasteiger partial charge is 0.343 e. The van der Waals surface area contributed by atoms with E-state index in [0.29, 0.717) is 15.9 Å². The summed E-state index contributed by atoms with van der Waals surface area (Å²) in [6.07, 6.45) is 4.05. The fourth-order valence-corrected chi connectivity index (χ4v) is 4.50. The summed E-state index contributed by atoms with van der Waals surface area (Å²) in [5, 5.41) is 11.8. The summed E-state index contributed by atoms with van der Waals surface area (Å²) >= 11 is 5.82. The van der Waals surface area contributed by atoms with E-state index in [9.17, 15) is 23.3 Å². The molecule has 0 unspecified atom stereocenters. The van der Waals surface area contributed by atoms with E-state index in [-0.39, 0.29) is 21.9 Å². The van der Waals surface area contributed by atoms with Crippen LogP contribution in [0.2, 0.25) is 5.02 Å². The maximum Gasteiger partial charge on any atom is 0.343 e. The zero-order chi connectivity index (χ0) is 22.2. The Hall–Kier alpha value is -3.76. The Morgan fingerprint density at radius 2 is 1.90 bits per heavy atom. The van der Waals surface area contributed by atoms with Crippen LogP contribution in [0.4, 0.5) is 5.69 Å². The molecule has 9 nitrogen and oxygen atoms in total. The van der Waals surface area contributed by atoms with Gasteiger partial charge in [-0.2, -0.15) is 0 Å². The average molecular weight is 458 g/mol. The molecule has 0 aliphatic carbocycles. The number of nitro groups is 1. The number of hydrogen-bond acceptors (Lipinski definition) is 7. The first-order chi connectivity index (χ1) is 14.8. The molecule has 0 radical (unpaired) electrons. The summed E-state index contributed by atoms with van der Waals surface area (Å²) in [5.41, 5.74) is 0.156. The quantitative estimate of drug-likeness (QED) is 0.251. The van der Waals surface area contributed by atoms with Crippen molar-refractivity contribution in [2.75, 3.05) is 0 Å². The van der Waals surface area contributed by atoms with Crippen molar-refractivity contribution in [2.45, 2.75) is 4.90 Å². The molecule has 4 rings (SSSR count). The molecule has 0 aliphatic heterocycles. The van der Waals surface area contributed by atoms with Gasteiger partial charge >= 0.3 is 5.97 Å². The molecule has 31 heavy (non-hydrogen) atoms. The van der Waals surface area contributed by atoms with E-state index in [2.05, 4.69) is 4.98 Å². The summed E-state index contributed by atoms with van der Waals surface area (Å²) in [7, 11) is -4.09. The highest BCUT2D eigenvalue weighted by molar-refractivity contribution is 7.90. The maximum atomic E-state index is 13.0. The molecule has 0 saturated carbocycles. The molecule has 2 aromatic heterocycles. The molecular formula is C20H12ClN3O6S. The first-order valence-electron chi connectivity index (χ1n) is 8.69. The Labute approximate surface area is 180 Å². The minimum absolute atomic E-state index is 0.170. The van der Waals surface area contributed by atoms with E-state index in [1.165, 1.54) is 67.1 Å². The van der Waals surface area contributed by atoms with Crippen LogP contribution in [0.3, 0.4) is 0 Å². The van der Waals surface area contributed by atoms with Crippen LogP contribution in [-0.4, -0.2) is 28.3 Å². The van der Waals surface area contributed by atoms with Gasteiger partial charge in [-0.25, -0.2) is 17.2 Å². The Morgan fingerprint density at radius 3 is 2.65 bits per heavy atom. The summed E-state index contributed by atoms with van der Waals surface area (Å²) in [5.74, 6) is -0.497. The van der Waals surface area contributed by atoms with Crippen LogP contribution in [0.15, 0.2) is 78.1 Å². The fraction of sp³-hybridized carbons (Fsp3) is 0. The third-order valence-corrected chi connectivity index (χ3v) is 6.26. The topological polar surface area (TPSA) is 121 Å². The minimum atomic E-state index is -4.09. The van der Waals surface area contributed by atoms with Gasteiger partial charge in [-0.15, -0.1) is 0 Å². The molecule has 0 spiro atoms. The molecule has 2 heterocycles. The molecule has 156 valence electrons. The van der Waals surface area contributed by atoms with Gasteiger partial charge in [0.1, 0.15) is 0 Å². The van der Waals surface area contributed by atoms with Gasteiger partial charge in [-0.3, -0.25) is 15.1 Å². The van der Waals surface area contributed by atoms with Crippen LogP contribution in [0.5, 0.6) is 5.75 Å². The van der Waals surface area contributed by atoms with E-state index in [4.69, 9.17) is 16.3 Å². The number of carbonyl (C=O) groups excluding carboxylic acids is 1. The molecule has 0 bridgehead atoms. The van der Waals surface area contributed by atoms with Crippen LogP contribution in [0, 0.1) is 10.1 Å². The molecule has 0 fully saturated rings. The molecule has 0 amide bonds. The number of esters is 1. The number of hydrogen-bond donors (Lipinski definition) is 0. The Balaban J connectivity index is 1.68. The predicted octanol–water partition coefficient (Wildman–Crippen LogP) is 4.05. The van der Waals surface area contributed by atoms with E-state index in [1.807, 2.05) is 0 Å². The van der Waals surface area contributed by atoms with Crippen molar-refractivity contribution in [3.8, 4) is 5.75 Å². The largest absolute Gasteiger partial charge is 0.421 e. The number of non-ortho nitro benzene ring substituents is 1. The van der Waals surface area contributed by atoms with Crippen molar-refractivity contribution in [3.05, 3.63) is 93.9 Å². The summed E-state index contributed by atoms with van der Waals surface area (Å²) in [4.78, 5) is 26.3. The molecule has 0 saturated heterocycles. The second-order valence-corrected chi connectivity index (χ2v) is 8.62. The summed E-state index contributed by atoms with van der Waals surface area (Å²) < 4.78 is 32.2. The highest BCUT2D eigenvalue weighted by Gasteiger charge is 2.22. The predicted molar refractivity (Wildman–Crippen MR) is 112 cm³/mol. The van der Waals surface area contributed by atoms with E-state index in [1.54, 1.807) is 0 Å². The van der Waals surface area contributed by atoms with Gasteiger partial charge in [-0.05, 0) is 30.3 Å². The van der Waals surface area contributed by atoms with Crippen molar-refractivity contribution in [1.82, 2.24) is 8.96 Å². The Bertz CT molecular complexity index is 1450. The lowest BCUT2D eigenvalue weighted by atomic mass is 10.1. The van der Waals surface area contributed by atoms with Crippen molar-refractivity contribution in [1.29, 1.82) is 0 Å². The van der Waals surface area contributed by atoms with Crippen molar-refractivity contribution < 1.29 is 22.9 Å². The highest BCUT2D eigenvalue weighted by Crippen LogP contribution is 2.26. The minimum Gasteiger partial charge on any atom is -0.421 e. The second-order valence-electron chi connectivity index (χ2n) is 6.37. The first kappa shape index (κ1) is 20.5. The number of halogens is 1. The van der Waals surface area contributed by atoms with Gasteiger partial charge in [0.2, 0.25) is 0 Å². The lowest BCUT2D eigenvalue weighted by Gasteiger charge is -2.08. The number of fused-ring (bicyclic) bond motifs is 1. The third kappa shape index (κ3) is 3.98. The molecular weight excluding hydrogens is 446 g/mol. The van der Waals surface area contributed by atoms with Gasteiger partial charge in [0.25, 0.3) is 15.7 Å². The fourth-order valence-electron chi connectivity index (χ4n) is 2.94. The van der Waals surface area contributed by atoms with Crippen molar-refractivity contribution in [3.63, 3.8) is 0 Å². The molecule has 11 heteroatoms. The average Bonchev–Trinajstić information content (AvgIpc) is 3.18. The van der Waals surface area contributed by atoms with Crippen LogP contribution < -0.4 is 4.74 Å². The van der Waals surface area contributed by atoms with Gasteiger partial charge in [-0.1, -0.05) is 17.7 Å². The van der Waals surface area contributed by atoms with E-state index < -0.39 is 20.9 Å². The normalized spacial score (nSPS) is 11.4. The zero-order valence-electron chi connectivity index (χ0n) is 15.5. The molecule has 0 N–H and O–H groups in total. The number of nitro benzene ring substituents is 1. The number of benzene rings is 2. The lowest BCUT2D eigenvalue weighted by molar-refractivity contribution is -0.385. The zero-order valence-corrected chi connectivity index (χ0v) is 17.1. The second kappa shape index (κ2) is 7.82. The van der Waals surface area contributed by atoms with Gasteiger partial charge in [0.05, 0.1) is 32.1 Å². The SMILES string of the molecule is O=C(Oc1cncc(Cl)c1)c1ccc2c(ccn2S(=O)(=O)c2cccc([N+](=O)[O-])c2)c1. The number of ether oxygens (including phenoxy) is 1. The number of rotatable bonds is 5. The monoisotopic (exact) mass is 457 g/mol. The van der Waals surface area contributed by atoms with Gasteiger partial charge < -0.3 is 4.74 Å². The number of pyridine rings is 1. The van der Waals surface area contributed by atoms with Crippen molar-refractivity contribution in [2.24, 2.45) is 0 Å². The number of nitrogens with zero attached hydrogens (tertiary/aromatic N) is 3. The summed E-state index contributed by atoms with van der Waals surface area (Å²) in [6.45, 7) is 0. The van der Waals surface area contributed by atoms with E-state index in [0.717, 1.165) is 10.0 Å². The summed E-state index contributed by atoms with van der Waals surface area (Å²) in [6, 6.07) is 12.1. The first-order valence-corrected chi connectivity index (χ1v) is 10.5. The third-order valence-electron chi connectivity index (χ3n) is 4.37. The van der Waals surface area contributed by atoms with Gasteiger partial charge in [0.15, 0.2) is 5.75 Å². The lowest BCUT2D eigenvalue weighted by Crippen LogP contribution is -2.12. The van der Waals surface area contributed by atoms with Crippen LogP contribution in [0.25, 0.3) is 10.9 Å². The van der Waals surface area contributed by atoms with Crippen molar-refractivity contribution >= 4 is 44.2 Å². The molecule has 2 aromatic carbocycles.